The quantitative estimate of drug-likeness (QED) is 0.525. The van der Waals surface area contributed by atoms with Gasteiger partial charge in [0.05, 0.1) is 6.10 Å². The zero-order valence-electron chi connectivity index (χ0n) is 15.1. The molecule has 4 rings (SSSR count). The second-order valence-corrected chi connectivity index (χ2v) is 9.72. The molecule has 4 saturated carbocycles. The summed E-state index contributed by atoms with van der Waals surface area (Å²) in [5.41, 5.74) is 1.92. The topological polar surface area (TPSA) is 58.6 Å². The molecule has 0 aliphatic heterocycles. The molecule has 0 radical (unpaired) electrons. The van der Waals surface area contributed by atoms with Crippen LogP contribution in [0.25, 0.3) is 0 Å². The van der Waals surface area contributed by atoms with Crippen LogP contribution in [-0.2, 0) is 0 Å². The van der Waals surface area contributed by atoms with Gasteiger partial charge in [0, 0.05) is 5.71 Å². The number of rotatable bonds is 0. The summed E-state index contributed by atoms with van der Waals surface area (Å²) in [4.78, 5) is 0. The van der Waals surface area contributed by atoms with Gasteiger partial charge < -0.3 is 10.9 Å². The Hall–Kier alpha value is -0.570. The van der Waals surface area contributed by atoms with E-state index < -0.39 is 0 Å². The van der Waals surface area contributed by atoms with Crippen LogP contribution in [0.5, 0.6) is 0 Å². The van der Waals surface area contributed by atoms with E-state index in [1.54, 1.807) is 0 Å². The smallest absolute Gasteiger partial charge is 0.0596 e. The van der Waals surface area contributed by atoms with E-state index in [-0.39, 0.29) is 11.5 Å². The van der Waals surface area contributed by atoms with Crippen LogP contribution in [-0.4, -0.2) is 16.9 Å². The zero-order valence-corrected chi connectivity index (χ0v) is 15.1. The van der Waals surface area contributed by atoms with Crippen LogP contribution >= 0.6 is 0 Å². The fourth-order valence-electron chi connectivity index (χ4n) is 7.57. The van der Waals surface area contributed by atoms with E-state index in [4.69, 9.17) is 5.84 Å². The third-order valence-electron chi connectivity index (χ3n) is 8.95. The predicted octanol–water partition coefficient (Wildman–Crippen LogP) is 3.95. The lowest BCUT2D eigenvalue weighted by molar-refractivity contribution is -0.116. The lowest BCUT2D eigenvalue weighted by atomic mass is 9.44. The summed E-state index contributed by atoms with van der Waals surface area (Å²) >= 11 is 0. The van der Waals surface area contributed by atoms with Gasteiger partial charge in [0.1, 0.15) is 0 Å². The SMILES string of the molecule is C[C@H]1C[C@@]2(C)[C@H](CC[C@@H]3[C@@H]2CC[C@]2(C)[C@H](O)CC[C@@H]32)C/C1=N/N. The summed E-state index contributed by atoms with van der Waals surface area (Å²) in [6, 6.07) is 0. The van der Waals surface area contributed by atoms with Crippen LogP contribution in [0.15, 0.2) is 5.10 Å². The number of hydrogen-bond acceptors (Lipinski definition) is 3. The molecule has 0 unspecified atom stereocenters. The van der Waals surface area contributed by atoms with Crippen molar-refractivity contribution in [3.63, 3.8) is 0 Å². The molecule has 3 N–H and O–H groups in total. The van der Waals surface area contributed by atoms with E-state index in [0.29, 0.717) is 11.3 Å². The second kappa shape index (κ2) is 5.21. The van der Waals surface area contributed by atoms with Crippen LogP contribution in [0.4, 0.5) is 0 Å². The highest BCUT2D eigenvalue weighted by Crippen LogP contribution is 2.66. The molecule has 4 aliphatic rings. The summed E-state index contributed by atoms with van der Waals surface area (Å²) < 4.78 is 0. The fraction of sp³-hybridized carbons (Fsp3) is 0.950. The van der Waals surface area contributed by atoms with Crippen LogP contribution in [0, 0.1) is 40.4 Å². The first-order valence-electron chi connectivity index (χ1n) is 9.85. The molecule has 0 aromatic carbocycles. The Morgan fingerprint density at radius 1 is 1.04 bits per heavy atom. The molecule has 0 heterocycles. The maximum Gasteiger partial charge on any atom is 0.0596 e. The van der Waals surface area contributed by atoms with Gasteiger partial charge in [0.25, 0.3) is 0 Å². The minimum atomic E-state index is -0.0553. The number of fused-ring (bicyclic) bond motifs is 5. The molecule has 0 amide bonds. The summed E-state index contributed by atoms with van der Waals surface area (Å²) in [6.45, 7) is 7.28. The number of aliphatic hydroxyl groups excluding tert-OH is 1. The van der Waals surface area contributed by atoms with E-state index in [1.165, 1.54) is 44.2 Å². The second-order valence-electron chi connectivity index (χ2n) is 9.72. The molecule has 4 fully saturated rings. The molecule has 8 atom stereocenters. The Bertz CT molecular complexity index is 518. The highest BCUT2D eigenvalue weighted by atomic mass is 16.3. The van der Waals surface area contributed by atoms with Crippen molar-refractivity contribution in [3.8, 4) is 0 Å². The Kier molecular flexibility index (Phi) is 3.61. The van der Waals surface area contributed by atoms with Crippen molar-refractivity contribution in [2.45, 2.75) is 78.2 Å². The molecule has 3 heteroatoms. The molecule has 130 valence electrons. The van der Waals surface area contributed by atoms with Crippen LogP contribution in [0.1, 0.15) is 72.1 Å². The number of nitrogens with zero attached hydrogens (tertiary/aromatic N) is 1. The predicted molar refractivity (Wildman–Crippen MR) is 93.9 cm³/mol. The van der Waals surface area contributed by atoms with Gasteiger partial charge in [-0.15, -0.1) is 0 Å². The highest BCUT2D eigenvalue weighted by Gasteiger charge is 2.60. The highest BCUT2D eigenvalue weighted by molar-refractivity contribution is 5.87. The van der Waals surface area contributed by atoms with Crippen molar-refractivity contribution >= 4 is 5.71 Å². The molecule has 0 bridgehead atoms. The largest absolute Gasteiger partial charge is 0.393 e. The fourth-order valence-corrected chi connectivity index (χ4v) is 7.57. The molecule has 0 spiro atoms. The summed E-state index contributed by atoms with van der Waals surface area (Å²) in [6.07, 6.45) is 9.88. The maximum atomic E-state index is 10.5. The minimum absolute atomic E-state index is 0.0553. The third kappa shape index (κ3) is 2.08. The van der Waals surface area contributed by atoms with Crippen molar-refractivity contribution < 1.29 is 5.11 Å². The number of aliphatic hydroxyl groups is 1. The van der Waals surface area contributed by atoms with Crippen LogP contribution in [0.3, 0.4) is 0 Å². The van der Waals surface area contributed by atoms with Crippen molar-refractivity contribution in [2.75, 3.05) is 0 Å². The van der Waals surface area contributed by atoms with Crippen LogP contribution < -0.4 is 5.84 Å². The Labute approximate surface area is 141 Å². The van der Waals surface area contributed by atoms with Gasteiger partial charge in [0.2, 0.25) is 0 Å². The standard InChI is InChI=1S/C20H34N2O/c1-12-11-20(3)13(10-17(12)22-21)4-5-14-15-6-7-18(23)19(15,2)9-8-16(14)20/h12-16,18,23H,4-11,21H2,1-3H3/b22-17-/t12-,13+,14-,15-,16-,18+,19-,20-/m0/s1. The molecule has 0 saturated heterocycles. The van der Waals surface area contributed by atoms with Gasteiger partial charge in [0.15, 0.2) is 0 Å². The molecule has 4 aliphatic carbocycles. The van der Waals surface area contributed by atoms with Crippen molar-refractivity contribution in [1.29, 1.82) is 0 Å². The van der Waals surface area contributed by atoms with Gasteiger partial charge in [-0.1, -0.05) is 20.8 Å². The van der Waals surface area contributed by atoms with Crippen molar-refractivity contribution in [3.05, 3.63) is 0 Å². The van der Waals surface area contributed by atoms with E-state index >= 15 is 0 Å². The zero-order chi connectivity index (χ0) is 16.4. The first kappa shape index (κ1) is 15.9. The number of hydrazone groups is 1. The van der Waals surface area contributed by atoms with E-state index in [1.807, 2.05) is 0 Å². The first-order valence-corrected chi connectivity index (χ1v) is 9.85. The Morgan fingerprint density at radius 3 is 2.52 bits per heavy atom. The van der Waals surface area contributed by atoms with Gasteiger partial charge in [-0.05, 0) is 91.8 Å². The molecular weight excluding hydrogens is 284 g/mol. The van der Waals surface area contributed by atoms with E-state index in [2.05, 4.69) is 25.9 Å². The third-order valence-corrected chi connectivity index (χ3v) is 8.95. The van der Waals surface area contributed by atoms with Crippen molar-refractivity contribution in [2.24, 2.45) is 51.4 Å². The molecular formula is C20H34N2O. The molecule has 23 heavy (non-hydrogen) atoms. The minimum Gasteiger partial charge on any atom is -0.393 e. The molecule has 3 nitrogen and oxygen atoms in total. The lowest BCUT2D eigenvalue weighted by Crippen LogP contribution is -2.55. The maximum absolute atomic E-state index is 10.5. The monoisotopic (exact) mass is 318 g/mol. The van der Waals surface area contributed by atoms with Gasteiger partial charge in [-0.2, -0.15) is 5.10 Å². The number of nitrogens with two attached hydrogens (primary N) is 1. The van der Waals surface area contributed by atoms with E-state index in [9.17, 15) is 5.11 Å². The average Bonchev–Trinajstić information content (AvgIpc) is 2.82. The normalized spacial score (nSPS) is 57.7. The van der Waals surface area contributed by atoms with Gasteiger partial charge in [-0.25, -0.2) is 0 Å². The summed E-state index contributed by atoms with van der Waals surface area (Å²) in [5.74, 6) is 9.43. The van der Waals surface area contributed by atoms with Crippen LogP contribution in [0.2, 0.25) is 0 Å². The Balaban J connectivity index is 1.63. The van der Waals surface area contributed by atoms with Crippen molar-refractivity contribution in [1.82, 2.24) is 0 Å². The van der Waals surface area contributed by atoms with Gasteiger partial charge >= 0.3 is 0 Å². The molecule has 0 aromatic rings. The summed E-state index contributed by atoms with van der Waals surface area (Å²) in [5, 5.41) is 14.7. The lowest BCUT2D eigenvalue weighted by Gasteiger charge is -2.61. The van der Waals surface area contributed by atoms with Gasteiger partial charge in [-0.3, -0.25) is 0 Å². The summed E-state index contributed by atoms with van der Waals surface area (Å²) in [7, 11) is 0. The van der Waals surface area contributed by atoms with E-state index in [0.717, 1.165) is 36.5 Å². The first-order chi connectivity index (χ1) is 10.9. The average molecular weight is 319 g/mol. The number of hydrogen-bond donors (Lipinski definition) is 2. The Morgan fingerprint density at radius 2 is 1.78 bits per heavy atom. The molecule has 0 aromatic heterocycles.